The van der Waals surface area contributed by atoms with Gasteiger partial charge in [-0.1, -0.05) is 58.0 Å². The van der Waals surface area contributed by atoms with Crippen LogP contribution in [0.5, 0.6) is 0 Å². The summed E-state index contributed by atoms with van der Waals surface area (Å²) in [6.45, 7) is 9.97. The minimum absolute atomic E-state index is 0.530. The average Bonchev–Trinajstić information content (AvgIpc) is 2.28. The molecule has 0 bridgehead atoms. The summed E-state index contributed by atoms with van der Waals surface area (Å²) in [5.41, 5.74) is 5.63. The van der Waals surface area contributed by atoms with Crippen molar-refractivity contribution in [3.05, 3.63) is 47.2 Å². The molecule has 2 rings (SSSR count). The molecule has 0 aliphatic carbocycles. The van der Waals surface area contributed by atoms with Crippen molar-refractivity contribution in [2.24, 2.45) is 5.92 Å². The van der Waals surface area contributed by atoms with E-state index in [0.717, 1.165) is 6.54 Å². The Morgan fingerprint density at radius 2 is 1.83 bits per heavy atom. The molecule has 96 valence electrons. The van der Waals surface area contributed by atoms with Gasteiger partial charge in [0.1, 0.15) is 0 Å². The Balaban J connectivity index is 2.67. The van der Waals surface area contributed by atoms with Crippen molar-refractivity contribution < 1.29 is 0 Å². The van der Waals surface area contributed by atoms with Crippen LogP contribution < -0.4 is 5.32 Å². The highest BCUT2D eigenvalue weighted by molar-refractivity contribution is 5.78. The second kappa shape index (κ2) is 5.43. The monoisotopic (exact) mass is 241 g/mol. The van der Waals surface area contributed by atoms with E-state index < -0.39 is 0 Å². The largest absolute Gasteiger partial charge is 0.387 e. The quantitative estimate of drug-likeness (QED) is 0.808. The maximum absolute atomic E-state index is 3.38. The van der Waals surface area contributed by atoms with Gasteiger partial charge in [0.05, 0.1) is 0 Å². The highest BCUT2D eigenvalue weighted by Crippen LogP contribution is 2.34. The van der Waals surface area contributed by atoms with Crippen LogP contribution in [0.1, 0.15) is 50.3 Å². The summed E-state index contributed by atoms with van der Waals surface area (Å²) in [5, 5.41) is 3.38. The Morgan fingerprint density at radius 1 is 1.06 bits per heavy atom. The first-order valence-corrected chi connectivity index (χ1v) is 6.84. The van der Waals surface area contributed by atoms with Crippen LogP contribution in [0.3, 0.4) is 0 Å². The fraction of sp³-hybridized carbons (Fsp3) is 0.412. The second-order valence-corrected chi connectivity index (χ2v) is 5.53. The molecule has 0 saturated carbocycles. The summed E-state index contributed by atoms with van der Waals surface area (Å²) < 4.78 is 0. The molecular formula is C17H23N. The number of hydrogen-bond donors (Lipinski definition) is 1. The molecule has 0 spiro atoms. The van der Waals surface area contributed by atoms with Crippen molar-refractivity contribution in [3.8, 4) is 0 Å². The minimum atomic E-state index is 0.530. The molecule has 0 aromatic heterocycles. The van der Waals surface area contributed by atoms with Gasteiger partial charge in [0, 0.05) is 12.7 Å². The van der Waals surface area contributed by atoms with Gasteiger partial charge in [0.2, 0.25) is 0 Å². The van der Waals surface area contributed by atoms with Crippen LogP contribution in [0.2, 0.25) is 0 Å². The van der Waals surface area contributed by atoms with Gasteiger partial charge in [-0.05, 0) is 34.1 Å². The lowest BCUT2D eigenvalue weighted by Crippen LogP contribution is -2.12. The molecular weight excluding hydrogens is 218 g/mol. The van der Waals surface area contributed by atoms with Crippen LogP contribution in [-0.4, -0.2) is 6.54 Å². The Morgan fingerprint density at radius 3 is 2.50 bits per heavy atom. The number of allylic oxidation sites excluding steroid dienone is 1. The lowest BCUT2D eigenvalue weighted by molar-refractivity contribution is 0.818. The summed E-state index contributed by atoms with van der Waals surface area (Å²) in [6, 6.07) is 6.65. The zero-order valence-electron chi connectivity index (χ0n) is 11.8. The Labute approximate surface area is 111 Å². The van der Waals surface area contributed by atoms with Crippen molar-refractivity contribution in [2.45, 2.75) is 33.6 Å². The van der Waals surface area contributed by atoms with Crippen LogP contribution in [0, 0.1) is 5.92 Å². The third-order valence-electron chi connectivity index (χ3n) is 3.45. The van der Waals surface area contributed by atoms with Crippen LogP contribution in [0.15, 0.2) is 30.5 Å². The maximum Gasteiger partial charge on any atom is 0.0328 e. The van der Waals surface area contributed by atoms with Gasteiger partial charge in [-0.2, -0.15) is 0 Å². The van der Waals surface area contributed by atoms with Gasteiger partial charge in [-0.3, -0.25) is 0 Å². The van der Waals surface area contributed by atoms with E-state index in [1.807, 2.05) is 0 Å². The van der Waals surface area contributed by atoms with Gasteiger partial charge >= 0.3 is 0 Å². The number of benzene rings is 1. The first kappa shape index (κ1) is 12.9. The molecule has 1 heteroatoms. The molecule has 18 heavy (non-hydrogen) atoms. The van der Waals surface area contributed by atoms with Gasteiger partial charge < -0.3 is 5.32 Å². The molecule has 0 amide bonds. The molecule has 1 aromatic carbocycles. The third kappa shape index (κ3) is 2.50. The maximum atomic E-state index is 3.38. The van der Waals surface area contributed by atoms with Gasteiger partial charge in [-0.25, -0.2) is 0 Å². The first-order valence-electron chi connectivity index (χ1n) is 6.84. The molecule has 1 N–H and O–H groups in total. The molecule has 0 atom stereocenters. The topological polar surface area (TPSA) is 12.0 Å². The van der Waals surface area contributed by atoms with Gasteiger partial charge in [0.15, 0.2) is 0 Å². The van der Waals surface area contributed by atoms with E-state index in [2.05, 4.69) is 69.6 Å². The average molecular weight is 241 g/mol. The molecule has 0 radical (unpaired) electrons. The molecule has 0 saturated heterocycles. The molecule has 1 aliphatic rings. The van der Waals surface area contributed by atoms with E-state index >= 15 is 0 Å². The lowest BCUT2D eigenvalue weighted by atomic mass is 9.84. The summed E-state index contributed by atoms with van der Waals surface area (Å²) in [6.07, 6.45) is 6.62. The fourth-order valence-electron chi connectivity index (χ4n) is 2.49. The number of hydrogen-bond acceptors (Lipinski definition) is 1. The third-order valence-corrected chi connectivity index (χ3v) is 3.45. The van der Waals surface area contributed by atoms with Crippen LogP contribution in [-0.2, 0) is 0 Å². The molecule has 0 unspecified atom stereocenters. The molecule has 1 aromatic rings. The van der Waals surface area contributed by atoms with E-state index in [1.165, 1.54) is 22.3 Å². The predicted octanol–water partition coefficient (Wildman–Crippen LogP) is 4.42. The van der Waals surface area contributed by atoms with Crippen LogP contribution in [0.4, 0.5) is 0 Å². The Kier molecular flexibility index (Phi) is 3.90. The standard InChI is InChI=1S/C17H23N/c1-12(2)15-9-5-7-14-8-6-10-18-11-16(13(3)4)17(14)15/h5-9,11-13,18H,10H2,1-4H3/b8-6-,16-11-. The fourth-order valence-corrected chi connectivity index (χ4v) is 2.49. The Bertz CT molecular complexity index is 478. The zero-order chi connectivity index (χ0) is 13.1. The number of nitrogens with one attached hydrogen (secondary N) is 1. The van der Waals surface area contributed by atoms with E-state index in [1.54, 1.807) is 0 Å². The predicted molar refractivity (Wildman–Crippen MR) is 80.4 cm³/mol. The van der Waals surface area contributed by atoms with E-state index in [4.69, 9.17) is 0 Å². The summed E-state index contributed by atoms with van der Waals surface area (Å²) in [4.78, 5) is 0. The smallest absolute Gasteiger partial charge is 0.0328 e. The molecule has 1 nitrogen and oxygen atoms in total. The molecule has 1 heterocycles. The summed E-state index contributed by atoms with van der Waals surface area (Å²) in [5.74, 6) is 1.08. The number of fused-ring (bicyclic) bond motifs is 1. The van der Waals surface area contributed by atoms with E-state index in [0.29, 0.717) is 11.8 Å². The van der Waals surface area contributed by atoms with Crippen molar-refractivity contribution in [1.29, 1.82) is 0 Å². The van der Waals surface area contributed by atoms with E-state index in [9.17, 15) is 0 Å². The molecule has 0 fully saturated rings. The number of rotatable bonds is 2. The zero-order valence-corrected chi connectivity index (χ0v) is 11.8. The minimum Gasteiger partial charge on any atom is -0.387 e. The van der Waals surface area contributed by atoms with Crippen molar-refractivity contribution in [2.75, 3.05) is 6.54 Å². The normalized spacial score (nSPS) is 19.6. The second-order valence-electron chi connectivity index (χ2n) is 5.53. The Hall–Kier alpha value is -1.50. The van der Waals surface area contributed by atoms with Crippen molar-refractivity contribution in [3.63, 3.8) is 0 Å². The van der Waals surface area contributed by atoms with Crippen molar-refractivity contribution in [1.82, 2.24) is 5.32 Å². The highest BCUT2D eigenvalue weighted by Gasteiger charge is 2.17. The van der Waals surface area contributed by atoms with E-state index in [-0.39, 0.29) is 0 Å². The highest BCUT2D eigenvalue weighted by atomic mass is 14.8. The van der Waals surface area contributed by atoms with Crippen molar-refractivity contribution >= 4 is 11.6 Å². The lowest BCUT2D eigenvalue weighted by Gasteiger charge is -2.22. The first-order chi connectivity index (χ1) is 8.61. The summed E-state index contributed by atoms with van der Waals surface area (Å²) in [7, 11) is 0. The summed E-state index contributed by atoms with van der Waals surface area (Å²) >= 11 is 0. The van der Waals surface area contributed by atoms with Gasteiger partial charge in [0.25, 0.3) is 0 Å². The van der Waals surface area contributed by atoms with Crippen LogP contribution >= 0.6 is 0 Å². The van der Waals surface area contributed by atoms with Gasteiger partial charge in [-0.15, -0.1) is 0 Å². The molecule has 1 aliphatic heterocycles. The van der Waals surface area contributed by atoms with Crippen LogP contribution in [0.25, 0.3) is 11.6 Å². The SMILES string of the molecule is CC(C)/C1=C/NC/C=C\c2cccc(C(C)C)c21.